The Morgan fingerprint density at radius 1 is 1.10 bits per heavy atom. The van der Waals surface area contributed by atoms with E-state index in [9.17, 15) is 21.6 Å². The molecule has 1 N–H and O–H groups in total. The van der Waals surface area contributed by atoms with E-state index in [1.807, 2.05) is 0 Å². The molecule has 0 aromatic rings. The third-order valence-electron chi connectivity index (χ3n) is 3.90. The average molecular weight is 314 g/mol. The largest absolute Gasteiger partial charge is 0.391 e. The summed E-state index contributed by atoms with van der Waals surface area (Å²) in [5.74, 6) is -1.34. The highest BCUT2D eigenvalue weighted by atomic mass is 32.2. The summed E-state index contributed by atoms with van der Waals surface area (Å²) < 4.78 is 62.8. The fourth-order valence-electron chi connectivity index (χ4n) is 2.44. The van der Waals surface area contributed by atoms with Gasteiger partial charge in [-0.1, -0.05) is 0 Å². The van der Waals surface area contributed by atoms with Crippen molar-refractivity contribution in [2.45, 2.75) is 44.3 Å². The molecule has 4 nitrogen and oxygen atoms in total. The maximum absolute atomic E-state index is 12.5. The lowest BCUT2D eigenvalue weighted by Gasteiger charge is -2.32. The lowest BCUT2D eigenvalue weighted by molar-refractivity contribution is -0.182. The minimum atomic E-state index is -4.20. The summed E-state index contributed by atoms with van der Waals surface area (Å²) in [7, 11) is -3.40. The highest BCUT2D eigenvalue weighted by Gasteiger charge is 2.42. The third-order valence-corrected chi connectivity index (χ3v) is 5.86. The van der Waals surface area contributed by atoms with Crippen LogP contribution in [0.25, 0.3) is 0 Å². The first kappa shape index (κ1) is 16.0. The lowest BCUT2D eigenvalue weighted by Crippen LogP contribution is -2.43. The second-order valence-corrected chi connectivity index (χ2v) is 7.70. The van der Waals surface area contributed by atoms with E-state index in [2.05, 4.69) is 5.32 Å². The molecule has 1 heterocycles. The highest BCUT2D eigenvalue weighted by molar-refractivity contribution is 7.89. The minimum absolute atomic E-state index is 0.0113. The van der Waals surface area contributed by atoms with Crippen molar-refractivity contribution in [2.24, 2.45) is 5.92 Å². The van der Waals surface area contributed by atoms with E-state index < -0.39 is 22.1 Å². The summed E-state index contributed by atoms with van der Waals surface area (Å²) in [6.45, 7) is 0.633. The quantitative estimate of drug-likeness (QED) is 0.760. The van der Waals surface area contributed by atoms with Crippen molar-refractivity contribution in [1.82, 2.24) is 9.62 Å². The number of rotatable bonds is 6. The van der Waals surface area contributed by atoms with Gasteiger partial charge in [-0.2, -0.15) is 13.2 Å². The number of nitrogens with one attached hydrogen (secondary N) is 1. The number of nitrogens with zero attached hydrogens (tertiary/aromatic N) is 1. The van der Waals surface area contributed by atoms with Gasteiger partial charge in [0.05, 0.1) is 11.7 Å². The molecule has 20 heavy (non-hydrogen) atoms. The highest BCUT2D eigenvalue weighted by Crippen LogP contribution is 2.34. The van der Waals surface area contributed by atoms with Crippen molar-refractivity contribution >= 4 is 10.0 Å². The van der Waals surface area contributed by atoms with Gasteiger partial charge in [-0.05, 0) is 38.6 Å². The van der Waals surface area contributed by atoms with Crippen LogP contribution in [0.2, 0.25) is 0 Å². The zero-order valence-corrected chi connectivity index (χ0v) is 12.1. The summed E-state index contributed by atoms with van der Waals surface area (Å²) >= 11 is 0. The molecule has 1 aliphatic carbocycles. The van der Waals surface area contributed by atoms with Crippen molar-refractivity contribution in [3.8, 4) is 0 Å². The van der Waals surface area contributed by atoms with Gasteiger partial charge in [0.1, 0.15) is 0 Å². The zero-order valence-electron chi connectivity index (χ0n) is 11.3. The van der Waals surface area contributed by atoms with Crippen molar-refractivity contribution in [3.63, 3.8) is 0 Å². The molecule has 0 spiro atoms. The van der Waals surface area contributed by atoms with E-state index in [1.165, 1.54) is 4.31 Å². The fourth-order valence-corrected chi connectivity index (χ4v) is 3.97. The maximum atomic E-state index is 12.5. The molecular formula is C12H21F3N2O2S. The van der Waals surface area contributed by atoms with Crippen molar-refractivity contribution in [3.05, 3.63) is 0 Å². The van der Waals surface area contributed by atoms with Crippen LogP contribution in [0.5, 0.6) is 0 Å². The molecule has 118 valence electrons. The molecular weight excluding hydrogens is 293 g/mol. The van der Waals surface area contributed by atoms with Crippen LogP contribution in [0, 0.1) is 5.92 Å². The summed E-state index contributed by atoms with van der Waals surface area (Å²) in [5, 5.41) is 3.23. The molecule has 0 aromatic carbocycles. The van der Waals surface area contributed by atoms with Crippen LogP contribution < -0.4 is 5.32 Å². The molecule has 0 atom stereocenters. The smallest absolute Gasteiger partial charge is 0.314 e. The predicted octanol–water partition coefficient (Wildman–Crippen LogP) is 1.73. The van der Waals surface area contributed by atoms with E-state index in [-0.39, 0.29) is 31.7 Å². The second-order valence-electron chi connectivity index (χ2n) is 5.61. The molecule has 2 rings (SSSR count). The number of hydrogen-bond acceptors (Lipinski definition) is 3. The second kappa shape index (κ2) is 6.19. The first-order chi connectivity index (χ1) is 9.29. The minimum Gasteiger partial charge on any atom is -0.314 e. The van der Waals surface area contributed by atoms with Gasteiger partial charge in [-0.3, -0.25) is 0 Å². The number of halogens is 3. The van der Waals surface area contributed by atoms with E-state index in [0.717, 1.165) is 12.8 Å². The van der Waals surface area contributed by atoms with Crippen LogP contribution >= 0.6 is 0 Å². The SMILES string of the molecule is O=S(=O)(CCCNC1CC1)N1CCC(C(F)(F)F)CC1. The van der Waals surface area contributed by atoms with Gasteiger partial charge < -0.3 is 5.32 Å². The Labute approximate surface area is 117 Å². The molecule has 0 unspecified atom stereocenters. The molecule has 2 fully saturated rings. The van der Waals surface area contributed by atoms with Crippen LogP contribution in [0.4, 0.5) is 13.2 Å². The topological polar surface area (TPSA) is 49.4 Å². The Morgan fingerprint density at radius 2 is 1.70 bits per heavy atom. The normalized spacial score (nSPS) is 23.1. The van der Waals surface area contributed by atoms with Gasteiger partial charge in [0.15, 0.2) is 0 Å². The van der Waals surface area contributed by atoms with Crippen molar-refractivity contribution in [2.75, 3.05) is 25.4 Å². The van der Waals surface area contributed by atoms with E-state index in [1.54, 1.807) is 0 Å². The number of piperidine rings is 1. The fraction of sp³-hybridized carbons (Fsp3) is 1.00. The van der Waals surface area contributed by atoms with E-state index >= 15 is 0 Å². The molecule has 0 aromatic heterocycles. The average Bonchev–Trinajstić information content (AvgIpc) is 3.18. The summed E-state index contributed by atoms with van der Waals surface area (Å²) in [5.41, 5.74) is 0. The van der Waals surface area contributed by atoms with Crippen LogP contribution in [0.15, 0.2) is 0 Å². The molecule has 0 bridgehead atoms. The molecule has 8 heteroatoms. The number of hydrogen-bond donors (Lipinski definition) is 1. The monoisotopic (exact) mass is 314 g/mol. The molecule has 1 saturated carbocycles. The molecule has 0 amide bonds. The molecule has 1 saturated heterocycles. The van der Waals surface area contributed by atoms with E-state index in [4.69, 9.17) is 0 Å². The maximum Gasteiger partial charge on any atom is 0.391 e. The Kier molecular flexibility index (Phi) is 4.96. The Morgan fingerprint density at radius 3 is 2.20 bits per heavy atom. The molecule has 0 radical (unpaired) electrons. The van der Waals surface area contributed by atoms with Gasteiger partial charge in [0, 0.05) is 19.1 Å². The zero-order chi connectivity index (χ0) is 14.8. The predicted molar refractivity (Wildman–Crippen MR) is 69.8 cm³/mol. The van der Waals surface area contributed by atoms with Crippen molar-refractivity contribution < 1.29 is 21.6 Å². The lowest BCUT2D eigenvalue weighted by atomic mass is 9.98. The van der Waals surface area contributed by atoms with Gasteiger partial charge in [-0.25, -0.2) is 12.7 Å². The number of alkyl halides is 3. The third kappa shape index (κ3) is 4.60. The van der Waals surface area contributed by atoms with Crippen LogP contribution in [0.1, 0.15) is 32.1 Å². The summed E-state index contributed by atoms with van der Waals surface area (Å²) in [6.07, 6.45) is -1.64. The molecule has 2 aliphatic rings. The van der Waals surface area contributed by atoms with Crippen molar-refractivity contribution in [1.29, 1.82) is 0 Å². The van der Waals surface area contributed by atoms with E-state index in [0.29, 0.717) is 19.0 Å². The van der Waals surface area contributed by atoms with Crippen LogP contribution in [0.3, 0.4) is 0 Å². The van der Waals surface area contributed by atoms with Gasteiger partial charge >= 0.3 is 6.18 Å². The Balaban J connectivity index is 1.73. The van der Waals surface area contributed by atoms with Crippen LogP contribution in [-0.4, -0.2) is 50.3 Å². The standard InChI is InChI=1S/C12H21F3N2O2S/c13-12(14,15)10-4-7-17(8-5-10)20(18,19)9-1-6-16-11-2-3-11/h10-11,16H,1-9H2. The summed E-state index contributed by atoms with van der Waals surface area (Å²) in [4.78, 5) is 0. The number of sulfonamides is 1. The Hall–Kier alpha value is -0.340. The molecule has 1 aliphatic heterocycles. The first-order valence-electron chi connectivity index (χ1n) is 7.07. The van der Waals surface area contributed by atoms with Gasteiger partial charge in [0.2, 0.25) is 10.0 Å². The van der Waals surface area contributed by atoms with Gasteiger partial charge in [0.25, 0.3) is 0 Å². The summed E-state index contributed by atoms with van der Waals surface area (Å²) in [6, 6.07) is 0.542. The first-order valence-corrected chi connectivity index (χ1v) is 8.68. The Bertz CT molecular complexity index is 413. The van der Waals surface area contributed by atoms with Gasteiger partial charge in [-0.15, -0.1) is 0 Å². The van der Waals surface area contributed by atoms with Crippen LogP contribution in [-0.2, 0) is 10.0 Å².